The van der Waals surface area contributed by atoms with Crippen LogP contribution in [0.1, 0.15) is 107 Å². The van der Waals surface area contributed by atoms with Crippen molar-refractivity contribution in [3.8, 4) is 0 Å². The lowest BCUT2D eigenvalue weighted by Gasteiger charge is -2.45. The molecule has 2 aliphatic heterocycles. The molecule has 2 fully saturated rings. The fraction of sp³-hybridized carbons (Fsp3) is 0.818. The SMILES string of the molecule is CC(O)CC(=O)OC[C@H]1O[C@@H](O[C@@H]2[C@@H](COC(=O)CC(C)O)O[C@@](COC(=O)CC(C)O)(OC(=O)CC(C)O)[C@H]2OC(=O)C[C@@H](C)O)[C@H](OC(=O)CC(C)O)[C@@H](OC(=O)CC(C)O)[C@H]1OC(=O)CC(C)O. The van der Waals surface area contributed by atoms with Crippen LogP contribution < -0.4 is 0 Å². The highest BCUT2D eigenvalue weighted by atomic mass is 16.8. The maximum atomic E-state index is 13.6. The molecule has 0 spiro atoms. The van der Waals surface area contributed by atoms with Crippen LogP contribution in [0.15, 0.2) is 0 Å². The van der Waals surface area contributed by atoms with Gasteiger partial charge in [-0.25, -0.2) is 0 Å². The molecule has 27 heteroatoms. The van der Waals surface area contributed by atoms with Crippen molar-refractivity contribution < 1.29 is 131 Å². The van der Waals surface area contributed by atoms with Crippen LogP contribution in [-0.4, -0.2) is 212 Å². The van der Waals surface area contributed by atoms with Crippen LogP contribution >= 0.6 is 0 Å². The summed E-state index contributed by atoms with van der Waals surface area (Å²) < 4.78 is 63.4. The minimum atomic E-state index is -2.88. The molecule has 2 saturated heterocycles. The molecule has 27 nitrogen and oxygen atoms in total. The Bertz CT molecular complexity index is 1740. The summed E-state index contributed by atoms with van der Waals surface area (Å²) in [5, 5.41) is 80.3. The molecule has 0 aromatic carbocycles. The minimum absolute atomic E-state index is 0.586. The largest absolute Gasteiger partial charge is 0.463 e. The third-order valence-electron chi connectivity index (χ3n) is 9.63. The van der Waals surface area contributed by atoms with Crippen molar-refractivity contribution in [1.29, 1.82) is 0 Å². The maximum absolute atomic E-state index is 13.6. The van der Waals surface area contributed by atoms with Crippen molar-refractivity contribution in [3.63, 3.8) is 0 Å². The third-order valence-corrected chi connectivity index (χ3v) is 9.63. The van der Waals surface area contributed by atoms with Gasteiger partial charge in [0.15, 0.2) is 37.3 Å². The zero-order chi connectivity index (χ0) is 53.9. The van der Waals surface area contributed by atoms with Gasteiger partial charge in [-0.05, 0) is 55.4 Å². The van der Waals surface area contributed by atoms with Gasteiger partial charge in [0.05, 0.1) is 100 Å². The van der Waals surface area contributed by atoms with E-state index < -0.39 is 223 Å². The first-order valence-electron chi connectivity index (χ1n) is 22.9. The highest BCUT2D eigenvalue weighted by Gasteiger charge is 2.65. The Hall–Kier alpha value is -4.68. The summed E-state index contributed by atoms with van der Waals surface area (Å²) >= 11 is 0. The number of esters is 8. The van der Waals surface area contributed by atoms with Crippen LogP contribution in [-0.2, 0) is 90.5 Å². The molecule has 2 aliphatic rings. The molecule has 2 heterocycles. The second kappa shape index (κ2) is 29.7. The standard InChI is InChI=1S/C44H70O27/c1-20(45)9-30(53)61-17-28-38(65-33(56)12-23(4)48)40(66-34(57)13-24(5)49)41(67-35(58)14-25(6)50)43(64-28)69-39-29(18-62-31(54)10-21(2)46)70-44(71-37(60)16-27(8)52,19-63-32(55)11-22(3)47)42(39)68-36(59)15-26(7)51/h20-29,38-43,45-52H,9-19H2,1-8H3/t20?,21?,22?,23?,24?,25?,26-,27?,28-,29-,38+,39-,40+,41-,42+,43+,44+/m1/s1. The van der Waals surface area contributed by atoms with Gasteiger partial charge in [0.25, 0.3) is 5.79 Å². The molecule has 17 atom stereocenters. The van der Waals surface area contributed by atoms with E-state index in [0.717, 1.165) is 0 Å². The molecule has 408 valence electrons. The highest BCUT2D eigenvalue weighted by molar-refractivity contribution is 5.74. The summed E-state index contributed by atoms with van der Waals surface area (Å²) in [7, 11) is 0. The lowest BCUT2D eigenvalue weighted by atomic mass is 9.97. The summed E-state index contributed by atoms with van der Waals surface area (Å²) in [4.78, 5) is 106. The van der Waals surface area contributed by atoms with Crippen molar-refractivity contribution in [2.24, 2.45) is 0 Å². The molecule has 8 N–H and O–H groups in total. The number of aliphatic hydroxyl groups excluding tert-OH is 8. The first kappa shape index (κ1) is 62.4. The van der Waals surface area contributed by atoms with E-state index in [-0.39, 0.29) is 0 Å². The van der Waals surface area contributed by atoms with Gasteiger partial charge in [-0.3, -0.25) is 38.4 Å². The Kier molecular flexibility index (Phi) is 26.2. The van der Waals surface area contributed by atoms with E-state index in [1.54, 1.807) is 0 Å². The van der Waals surface area contributed by atoms with E-state index >= 15 is 0 Å². The van der Waals surface area contributed by atoms with Crippen LogP contribution in [0.4, 0.5) is 0 Å². The monoisotopic (exact) mass is 1030 g/mol. The van der Waals surface area contributed by atoms with Gasteiger partial charge in [-0.2, -0.15) is 0 Å². The Morgan fingerprint density at radius 2 is 0.746 bits per heavy atom. The average Bonchev–Trinajstić information content (AvgIpc) is 3.45. The van der Waals surface area contributed by atoms with Gasteiger partial charge in [-0.15, -0.1) is 0 Å². The summed E-state index contributed by atoms with van der Waals surface area (Å²) in [6.07, 6.45) is -33.0. The lowest BCUT2D eigenvalue weighted by molar-refractivity contribution is -0.325. The van der Waals surface area contributed by atoms with E-state index in [2.05, 4.69) is 0 Å². The number of hydrogen-bond donors (Lipinski definition) is 8. The van der Waals surface area contributed by atoms with Crippen LogP contribution in [0.5, 0.6) is 0 Å². The number of carbonyl (C=O) groups excluding carboxylic acids is 8. The van der Waals surface area contributed by atoms with E-state index in [4.69, 9.17) is 52.1 Å². The van der Waals surface area contributed by atoms with E-state index in [1.807, 2.05) is 0 Å². The van der Waals surface area contributed by atoms with Gasteiger partial charge in [-0.1, -0.05) is 0 Å². The molecule has 0 radical (unpaired) electrons. The molecular weight excluding hydrogens is 960 g/mol. The molecule has 0 amide bonds. The summed E-state index contributed by atoms with van der Waals surface area (Å²) in [6.45, 7) is 6.64. The summed E-state index contributed by atoms with van der Waals surface area (Å²) in [5.41, 5.74) is 0. The summed E-state index contributed by atoms with van der Waals surface area (Å²) in [5.74, 6) is -12.4. The van der Waals surface area contributed by atoms with E-state index in [1.165, 1.54) is 55.4 Å². The second-order valence-corrected chi connectivity index (χ2v) is 17.8. The predicted octanol–water partition coefficient (Wildman–Crippen LogP) is -2.82. The molecule has 0 aromatic rings. The topological polar surface area (TPSA) is 400 Å². The van der Waals surface area contributed by atoms with Crippen LogP contribution in [0, 0.1) is 0 Å². The van der Waals surface area contributed by atoms with Crippen LogP contribution in [0.25, 0.3) is 0 Å². The molecule has 71 heavy (non-hydrogen) atoms. The molecule has 0 aromatic heterocycles. The molecule has 7 unspecified atom stereocenters. The van der Waals surface area contributed by atoms with E-state index in [0.29, 0.717) is 0 Å². The van der Waals surface area contributed by atoms with Crippen molar-refractivity contribution in [1.82, 2.24) is 0 Å². The third kappa shape index (κ3) is 22.7. The number of hydrogen-bond acceptors (Lipinski definition) is 27. The van der Waals surface area contributed by atoms with E-state index in [9.17, 15) is 79.2 Å². The van der Waals surface area contributed by atoms with Crippen LogP contribution in [0.2, 0.25) is 0 Å². The predicted molar refractivity (Wildman–Crippen MR) is 230 cm³/mol. The fourth-order valence-corrected chi connectivity index (χ4v) is 6.85. The van der Waals surface area contributed by atoms with Crippen molar-refractivity contribution in [3.05, 3.63) is 0 Å². The Balaban J connectivity index is 3.10. The highest BCUT2D eigenvalue weighted by Crippen LogP contribution is 2.41. The van der Waals surface area contributed by atoms with Gasteiger partial charge in [0.2, 0.25) is 0 Å². The molecular formula is C44H70O27. The van der Waals surface area contributed by atoms with Crippen molar-refractivity contribution in [2.45, 2.75) is 210 Å². The molecule has 0 saturated carbocycles. The fourth-order valence-electron chi connectivity index (χ4n) is 6.85. The maximum Gasteiger partial charge on any atom is 0.311 e. The number of ether oxygens (including phenoxy) is 11. The average molecular weight is 1030 g/mol. The minimum Gasteiger partial charge on any atom is -0.463 e. The number of rotatable bonds is 29. The zero-order valence-electron chi connectivity index (χ0n) is 40.9. The van der Waals surface area contributed by atoms with Gasteiger partial charge in [0, 0.05) is 0 Å². The number of carbonyl (C=O) groups is 8. The summed E-state index contributed by atoms with van der Waals surface area (Å²) in [6, 6.07) is 0. The first-order chi connectivity index (χ1) is 33.0. The van der Waals surface area contributed by atoms with Gasteiger partial charge >= 0.3 is 47.8 Å². The Morgan fingerprint density at radius 3 is 1.17 bits per heavy atom. The van der Waals surface area contributed by atoms with Gasteiger partial charge in [0.1, 0.15) is 31.5 Å². The number of aliphatic hydroxyl groups is 8. The molecule has 0 bridgehead atoms. The molecule has 0 aliphatic carbocycles. The smallest absolute Gasteiger partial charge is 0.311 e. The molecule has 2 rings (SSSR count). The quantitative estimate of drug-likeness (QED) is 0.0277. The Morgan fingerprint density at radius 1 is 0.408 bits per heavy atom. The van der Waals surface area contributed by atoms with Gasteiger partial charge < -0.3 is 93.0 Å². The van der Waals surface area contributed by atoms with Crippen molar-refractivity contribution >= 4 is 47.8 Å². The second-order valence-electron chi connectivity index (χ2n) is 17.8. The first-order valence-corrected chi connectivity index (χ1v) is 22.9. The normalized spacial score (nSPS) is 27.5. The van der Waals surface area contributed by atoms with Crippen LogP contribution in [0.3, 0.4) is 0 Å². The van der Waals surface area contributed by atoms with Crippen molar-refractivity contribution in [2.75, 3.05) is 19.8 Å². The zero-order valence-corrected chi connectivity index (χ0v) is 40.9. The lowest BCUT2D eigenvalue weighted by Crippen LogP contribution is -2.64. The Labute approximate surface area is 408 Å².